The van der Waals surface area contributed by atoms with Gasteiger partial charge in [-0.2, -0.15) is 13.2 Å². The maximum atomic E-state index is 12.4. The minimum absolute atomic E-state index is 0.0342. The van der Waals surface area contributed by atoms with Crippen molar-refractivity contribution >= 4 is 0 Å². The van der Waals surface area contributed by atoms with Gasteiger partial charge >= 0.3 is 6.18 Å². The normalized spacial score (nSPS) is 28.8. The molecule has 0 aliphatic heterocycles. The number of aliphatic hydroxyl groups excluding tert-OH is 1. The Kier molecular flexibility index (Phi) is 6.75. The van der Waals surface area contributed by atoms with Crippen LogP contribution in [0.15, 0.2) is 0 Å². The molecule has 1 aliphatic rings. The SMILES string of the molecule is CCCNC1(CO)CCCC1CCOC(C)C(F)(F)F. The molecule has 3 atom stereocenters. The highest BCUT2D eigenvalue weighted by Gasteiger charge is 2.42. The number of hydrogen-bond acceptors (Lipinski definition) is 3. The van der Waals surface area contributed by atoms with Gasteiger partial charge in [0, 0.05) is 12.1 Å². The first kappa shape index (κ1) is 17.7. The Labute approximate surface area is 118 Å². The van der Waals surface area contributed by atoms with Crippen LogP contribution < -0.4 is 5.32 Å². The minimum atomic E-state index is -4.30. The first-order valence-electron chi connectivity index (χ1n) is 7.40. The highest BCUT2D eigenvalue weighted by molar-refractivity contribution is 4.98. The van der Waals surface area contributed by atoms with E-state index in [0.717, 1.165) is 39.2 Å². The molecule has 2 N–H and O–H groups in total. The molecule has 1 fully saturated rings. The van der Waals surface area contributed by atoms with E-state index < -0.39 is 12.3 Å². The Morgan fingerprint density at radius 3 is 2.70 bits per heavy atom. The summed E-state index contributed by atoms with van der Waals surface area (Å²) < 4.78 is 41.9. The zero-order valence-electron chi connectivity index (χ0n) is 12.3. The zero-order chi connectivity index (χ0) is 15.2. The average molecular weight is 297 g/mol. The lowest BCUT2D eigenvalue weighted by atomic mass is 9.85. The fourth-order valence-corrected chi connectivity index (χ4v) is 2.92. The molecule has 20 heavy (non-hydrogen) atoms. The summed E-state index contributed by atoms with van der Waals surface area (Å²) in [5.74, 6) is 0.180. The van der Waals surface area contributed by atoms with Crippen LogP contribution in [0.1, 0.15) is 46.0 Å². The molecular formula is C14H26F3NO2. The Hall–Kier alpha value is -0.330. The van der Waals surface area contributed by atoms with Crippen LogP contribution in [0, 0.1) is 5.92 Å². The molecule has 3 nitrogen and oxygen atoms in total. The average Bonchev–Trinajstić information content (AvgIpc) is 2.79. The van der Waals surface area contributed by atoms with Crippen LogP contribution in [0.3, 0.4) is 0 Å². The maximum absolute atomic E-state index is 12.4. The molecule has 1 rings (SSSR count). The van der Waals surface area contributed by atoms with Crippen LogP contribution in [-0.4, -0.2) is 42.7 Å². The van der Waals surface area contributed by atoms with Crippen molar-refractivity contribution in [3.63, 3.8) is 0 Å². The van der Waals surface area contributed by atoms with Crippen molar-refractivity contribution in [2.24, 2.45) is 5.92 Å². The van der Waals surface area contributed by atoms with Gasteiger partial charge in [-0.3, -0.25) is 0 Å². The van der Waals surface area contributed by atoms with E-state index in [2.05, 4.69) is 12.2 Å². The second-order valence-corrected chi connectivity index (χ2v) is 5.67. The lowest BCUT2D eigenvalue weighted by Gasteiger charge is -2.35. The van der Waals surface area contributed by atoms with E-state index in [1.807, 2.05) is 0 Å². The third kappa shape index (κ3) is 4.60. The summed E-state index contributed by atoms with van der Waals surface area (Å²) >= 11 is 0. The summed E-state index contributed by atoms with van der Waals surface area (Å²) in [6.45, 7) is 4.02. The van der Waals surface area contributed by atoms with Crippen LogP contribution in [0.2, 0.25) is 0 Å². The number of rotatable bonds is 8. The quantitative estimate of drug-likeness (QED) is 0.724. The number of ether oxygens (including phenoxy) is 1. The van der Waals surface area contributed by atoms with Gasteiger partial charge in [-0.1, -0.05) is 13.3 Å². The van der Waals surface area contributed by atoms with Gasteiger partial charge in [0.1, 0.15) is 0 Å². The van der Waals surface area contributed by atoms with Crippen molar-refractivity contribution in [2.45, 2.75) is 63.8 Å². The Bertz CT molecular complexity index is 286. The van der Waals surface area contributed by atoms with Crippen LogP contribution in [0.25, 0.3) is 0 Å². The van der Waals surface area contributed by atoms with Crippen LogP contribution >= 0.6 is 0 Å². The summed E-state index contributed by atoms with van der Waals surface area (Å²) in [5.41, 5.74) is -0.332. The largest absolute Gasteiger partial charge is 0.414 e. The lowest BCUT2D eigenvalue weighted by molar-refractivity contribution is -0.215. The predicted molar refractivity (Wildman–Crippen MR) is 71.5 cm³/mol. The van der Waals surface area contributed by atoms with Crippen molar-refractivity contribution in [1.29, 1.82) is 0 Å². The molecular weight excluding hydrogens is 271 g/mol. The first-order valence-corrected chi connectivity index (χ1v) is 7.40. The highest BCUT2D eigenvalue weighted by Crippen LogP contribution is 2.38. The molecule has 0 aromatic rings. The topological polar surface area (TPSA) is 41.5 Å². The van der Waals surface area contributed by atoms with Gasteiger partial charge in [-0.05, 0) is 45.1 Å². The molecule has 0 aromatic carbocycles. The molecule has 3 unspecified atom stereocenters. The summed E-state index contributed by atoms with van der Waals surface area (Å²) in [6.07, 6.45) is -1.70. The molecule has 0 saturated heterocycles. The van der Waals surface area contributed by atoms with Gasteiger partial charge in [0.2, 0.25) is 0 Å². The Morgan fingerprint density at radius 1 is 1.45 bits per heavy atom. The van der Waals surface area contributed by atoms with E-state index in [1.54, 1.807) is 0 Å². The van der Waals surface area contributed by atoms with Crippen molar-refractivity contribution < 1.29 is 23.0 Å². The molecule has 0 radical (unpaired) electrons. The molecule has 0 heterocycles. The summed E-state index contributed by atoms with van der Waals surface area (Å²) in [6, 6.07) is 0. The smallest absolute Gasteiger partial charge is 0.394 e. The van der Waals surface area contributed by atoms with Crippen LogP contribution in [0.4, 0.5) is 13.2 Å². The van der Waals surface area contributed by atoms with E-state index in [1.165, 1.54) is 0 Å². The fourth-order valence-electron chi connectivity index (χ4n) is 2.92. The highest BCUT2D eigenvalue weighted by atomic mass is 19.4. The molecule has 1 saturated carbocycles. The lowest BCUT2D eigenvalue weighted by Crippen LogP contribution is -2.52. The van der Waals surface area contributed by atoms with Crippen molar-refractivity contribution in [2.75, 3.05) is 19.8 Å². The molecule has 120 valence electrons. The van der Waals surface area contributed by atoms with Gasteiger partial charge in [0.05, 0.1) is 6.61 Å². The van der Waals surface area contributed by atoms with Crippen LogP contribution in [-0.2, 0) is 4.74 Å². The molecule has 0 bridgehead atoms. The van der Waals surface area contributed by atoms with Crippen molar-refractivity contribution in [3.8, 4) is 0 Å². The molecule has 6 heteroatoms. The Morgan fingerprint density at radius 2 is 2.15 bits per heavy atom. The fraction of sp³-hybridized carbons (Fsp3) is 1.00. The van der Waals surface area contributed by atoms with E-state index in [0.29, 0.717) is 6.42 Å². The number of hydrogen-bond donors (Lipinski definition) is 2. The molecule has 0 spiro atoms. The third-order valence-corrected chi connectivity index (χ3v) is 4.26. The van der Waals surface area contributed by atoms with Gasteiger partial charge in [0.25, 0.3) is 0 Å². The molecule has 0 aromatic heterocycles. The van der Waals surface area contributed by atoms with E-state index in [-0.39, 0.29) is 24.7 Å². The predicted octanol–water partition coefficient (Wildman–Crippen LogP) is 2.87. The van der Waals surface area contributed by atoms with E-state index in [9.17, 15) is 18.3 Å². The van der Waals surface area contributed by atoms with Crippen LogP contribution in [0.5, 0.6) is 0 Å². The second kappa shape index (κ2) is 7.61. The maximum Gasteiger partial charge on any atom is 0.414 e. The molecule has 0 amide bonds. The number of aliphatic hydroxyl groups is 1. The van der Waals surface area contributed by atoms with E-state index in [4.69, 9.17) is 4.74 Å². The number of nitrogens with one attached hydrogen (secondary N) is 1. The van der Waals surface area contributed by atoms with E-state index >= 15 is 0 Å². The monoisotopic (exact) mass is 297 g/mol. The second-order valence-electron chi connectivity index (χ2n) is 5.67. The van der Waals surface area contributed by atoms with Crippen molar-refractivity contribution in [3.05, 3.63) is 0 Å². The van der Waals surface area contributed by atoms with Gasteiger partial charge in [-0.25, -0.2) is 0 Å². The summed E-state index contributed by atoms with van der Waals surface area (Å²) in [4.78, 5) is 0. The summed E-state index contributed by atoms with van der Waals surface area (Å²) in [5, 5.41) is 13.1. The third-order valence-electron chi connectivity index (χ3n) is 4.26. The van der Waals surface area contributed by atoms with Crippen molar-refractivity contribution in [1.82, 2.24) is 5.32 Å². The number of halogens is 3. The molecule has 1 aliphatic carbocycles. The van der Waals surface area contributed by atoms with Gasteiger partial charge < -0.3 is 15.2 Å². The summed E-state index contributed by atoms with van der Waals surface area (Å²) in [7, 11) is 0. The van der Waals surface area contributed by atoms with Gasteiger partial charge in [-0.15, -0.1) is 0 Å². The Balaban J connectivity index is 2.45. The van der Waals surface area contributed by atoms with Gasteiger partial charge in [0.15, 0.2) is 6.10 Å². The minimum Gasteiger partial charge on any atom is -0.394 e. The first-order chi connectivity index (χ1) is 9.35. The standard InChI is InChI=1S/C14H26F3NO2/c1-3-8-18-13(10-19)7-4-5-12(13)6-9-20-11(2)14(15,16)17/h11-12,18-19H,3-10H2,1-2H3. The number of alkyl halides is 3. The zero-order valence-corrected chi connectivity index (χ0v) is 12.3.